The van der Waals surface area contributed by atoms with Crippen LogP contribution >= 0.6 is 34.5 Å². The minimum Gasteiger partial charge on any atom is -0.466 e. The highest BCUT2D eigenvalue weighted by Crippen LogP contribution is 2.37. The molecule has 1 aromatic carbocycles. The van der Waals surface area contributed by atoms with Gasteiger partial charge in [-0.2, -0.15) is 0 Å². The van der Waals surface area contributed by atoms with Crippen molar-refractivity contribution < 1.29 is 19.1 Å². The maximum absolute atomic E-state index is 12.7. The van der Waals surface area contributed by atoms with E-state index in [0.29, 0.717) is 50.0 Å². The summed E-state index contributed by atoms with van der Waals surface area (Å²) in [6.07, 6.45) is 0.0763. The molecule has 0 saturated carbocycles. The van der Waals surface area contributed by atoms with Crippen molar-refractivity contribution in [3.63, 3.8) is 0 Å². The van der Waals surface area contributed by atoms with Gasteiger partial charge in [-0.15, -0.1) is 11.3 Å². The fourth-order valence-electron chi connectivity index (χ4n) is 3.06. The normalized spacial score (nSPS) is 15.9. The minimum atomic E-state index is -0.697. The van der Waals surface area contributed by atoms with Crippen molar-refractivity contribution >= 4 is 52.3 Å². The highest BCUT2D eigenvalue weighted by atomic mass is 35.5. The first kappa shape index (κ1) is 23.2. The molecule has 0 radical (unpaired) electrons. The van der Waals surface area contributed by atoms with E-state index in [-0.39, 0.29) is 19.0 Å². The number of esters is 2. The maximum atomic E-state index is 12.7. The molecular weight excluding hydrogens is 461 g/mol. The summed E-state index contributed by atoms with van der Waals surface area (Å²) in [7, 11) is 0. The molecule has 0 amide bonds. The highest BCUT2D eigenvalue weighted by Gasteiger charge is 2.32. The summed E-state index contributed by atoms with van der Waals surface area (Å²) in [6.45, 7) is 5.81. The van der Waals surface area contributed by atoms with Crippen LogP contribution < -0.4 is 5.32 Å². The lowest BCUT2D eigenvalue weighted by Crippen LogP contribution is -2.33. The van der Waals surface area contributed by atoms with Crippen LogP contribution in [0.5, 0.6) is 0 Å². The lowest BCUT2D eigenvalue weighted by Gasteiger charge is -2.26. The first-order valence-corrected chi connectivity index (χ1v) is 11.3. The van der Waals surface area contributed by atoms with E-state index in [1.165, 1.54) is 11.3 Å². The van der Waals surface area contributed by atoms with E-state index >= 15 is 0 Å². The summed E-state index contributed by atoms with van der Waals surface area (Å²) in [5, 5.41) is 6.36. The van der Waals surface area contributed by atoms with E-state index in [4.69, 9.17) is 37.7 Å². The smallest absolute Gasteiger partial charge is 0.338 e. The largest absolute Gasteiger partial charge is 0.466 e. The number of aliphatic imine (C=N–C) groups is 1. The van der Waals surface area contributed by atoms with Crippen LogP contribution in [0.2, 0.25) is 10.0 Å². The molecule has 1 aromatic heterocycles. The van der Waals surface area contributed by atoms with Gasteiger partial charge < -0.3 is 14.8 Å². The topological polar surface area (TPSA) is 89.9 Å². The van der Waals surface area contributed by atoms with Gasteiger partial charge in [0.1, 0.15) is 6.04 Å². The van der Waals surface area contributed by atoms with Gasteiger partial charge >= 0.3 is 11.9 Å². The number of rotatable bonds is 7. The van der Waals surface area contributed by atoms with E-state index in [0.717, 1.165) is 0 Å². The summed E-state index contributed by atoms with van der Waals surface area (Å²) in [5.41, 5.74) is 2.15. The number of benzene rings is 1. The van der Waals surface area contributed by atoms with E-state index in [1.807, 2.05) is 0 Å². The number of carbonyl (C=O) groups is 2. The van der Waals surface area contributed by atoms with Crippen LogP contribution in [0.1, 0.15) is 43.1 Å². The van der Waals surface area contributed by atoms with Gasteiger partial charge in [0.05, 0.1) is 30.9 Å². The van der Waals surface area contributed by atoms with Gasteiger partial charge in [-0.05, 0) is 32.9 Å². The molecule has 164 valence electrons. The van der Waals surface area contributed by atoms with Crippen molar-refractivity contribution in [1.82, 2.24) is 10.3 Å². The minimum absolute atomic E-state index is 0.0763. The van der Waals surface area contributed by atoms with Crippen LogP contribution in [-0.2, 0) is 25.5 Å². The van der Waals surface area contributed by atoms with Crippen molar-refractivity contribution in [1.29, 1.82) is 0 Å². The highest BCUT2D eigenvalue weighted by molar-refractivity contribution is 7.11. The zero-order chi connectivity index (χ0) is 22.5. The second-order valence-corrected chi connectivity index (χ2v) is 8.26. The molecule has 10 heteroatoms. The average Bonchev–Trinajstić information content (AvgIpc) is 3.16. The van der Waals surface area contributed by atoms with Crippen molar-refractivity contribution in [2.45, 2.75) is 33.2 Å². The number of halogens is 2. The third-order valence-electron chi connectivity index (χ3n) is 4.38. The third kappa shape index (κ3) is 5.44. The fraction of sp³-hybridized carbons (Fsp3) is 0.333. The molecule has 1 N–H and O–H groups in total. The average molecular weight is 482 g/mol. The summed E-state index contributed by atoms with van der Waals surface area (Å²) >= 11 is 13.8. The standard InChI is InChI=1S/C21H21Cl2N3O4S/c1-4-29-16(27)9-13-10-31-20(25-13)19-24-11(3)17(21(28)30-5-2)18(26-19)14-7-6-12(22)8-15(14)23/h6-8,10,18H,4-5,9H2,1-3H3,(H,24,26). The molecular formula is C21H21Cl2N3O4S. The first-order chi connectivity index (χ1) is 14.8. The Kier molecular flexibility index (Phi) is 7.69. The van der Waals surface area contributed by atoms with Gasteiger partial charge in [-0.1, -0.05) is 29.3 Å². The van der Waals surface area contributed by atoms with Gasteiger partial charge in [-0.25, -0.2) is 9.78 Å². The Morgan fingerprint density at radius 3 is 2.61 bits per heavy atom. The number of allylic oxidation sites excluding steroid dienone is 1. The van der Waals surface area contributed by atoms with Crippen molar-refractivity contribution in [2.75, 3.05) is 13.2 Å². The summed E-state index contributed by atoms with van der Waals surface area (Å²) in [5.74, 6) is -0.348. The van der Waals surface area contributed by atoms with Crippen LogP contribution in [0.15, 0.2) is 39.8 Å². The number of ether oxygens (including phenoxy) is 2. The molecule has 0 aliphatic carbocycles. The molecule has 2 heterocycles. The molecule has 1 atom stereocenters. The SMILES string of the molecule is CCOC(=O)Cc1csc(C2=NC(c3ccc(Cl)cc3Cl)C(C(=O)OCC)=C(C)N2)n1. The maximum Gasteiger partial charge on any atom is 0.338 e. The molecule has 7 nitrogen and oxygen atoms in total. The summed E-state index contributed by atoms with van der Waals surface area (Å²) in [4.78, 5) is 33.6. The molecule has 1 aliphatic rings. The summed E-state index contributed by atoms with van der Waals surface area (Å²) < 4.78 is 10.2. The second kappa shape index (κ2) is 10.3. The number of nitrogens with one attached hydrogen (secondary N) is 1. The van der Waals surface area contributed by atoms with Crippen molar-refractivity contribution in [3.05, 3.63) is 61.2 Å². The molecule has 3 rings (SSSR count). The van der Waals surface area contributed by atoms with Crippen LogP contribution in [0.4, 0.5) is 0 Å². The van der Waals surface area contributed by atoms with Crippen molar-refractivity contribution in [3.8, 4) is 0 Å². The van der Waals surface area contributed by atoms with E-state index in [2.05, 4.69) is 10.3 Å². The molecule has 0 saturated heterocycles. The predicted molar refractivity (Wildman–Crippen MR) is 121 cm³/mol. The first-order valence-electron chi connectivity index (χ1n) is 9.62. The summed E-state index contributed by atoms with van der Waals surface area (Å²) in [6, 6.07) is 4.34. The molecule has 0 fully saturated rings. The van der Waals surface area contributed by atoms with E-state index in [1.54, 1.807) is 44.4 Å². The Morgan fingerprint density at radius 1 is 1.19 bits per heavy atom. The Bertz CT molecular complexity index is 1060. The third-order valence-corrected chi connectivity index (χ3v) is 5.84. The Morgan fingerprint density at radius 2 is 1.94 bits per heavy atom. The number of aromatic nitrogens is 1. The molecule has 1 unspecified atom stereocenters. The van der Waals surface area contributed by atoms with Crippen LogP contribution in [0, 0.1) is 0 Å². The van der Waals surface area contributed by atoms with Gasteiger partial charge in [0, 0.05) is 26.7 Å². The van der Waals surface area contributed by atoms with Gasteiger partial charge in [0.25, 0.3) is 0 Å². The number of carbonyl (C=O) groups excluding carboxylic acids is 2. The monoisotopic (exact) mass is 481 g/mol. The van der Waals surface area contributed by atoms with Crippen LogP contribution in [0.3, 0.4) is 0 Å². The molecule has 0 spiro atoms. The predicted octanol–water partition coefficient (Wildman–Crippen LogP) is 4.48. The Labute approximate surface area is 194 Å². The van der Waals surface area contributed by atoms with Gasteiger partial charge in [0.2, 0.25) is 0 Å². The molecule has 2 aromatic rings. The second-order valence-electron chi connectivity index (χ2n) is 6.56. The number of hydrogen-bond acceptors (Lipinski definition) is 8. The lowest BCUT2D eigenvalue weighted by molar-refractivity contribution is -0.142. The number of amidine groups is 1. The Hall–Kier alpha value is -2.42. The van der Waals surface area contributed by atoms with Crippen LogP contribution in [-0.4, -0.2) is 36.0 Å². The number of thiazole rings is 1. The molecule has 1 aliphatic heterocycles. The fourth-order valence-corrected chi connectivity index (χ4v) is 4.34. The lowest BCUT2D eigenvalue weighted by atomic mass is 9.96. The van der Waals surface area contributed by atoms with E-state index < -0.39 is 12.0 Å². The molecule has 31 heavy (non-hydrogen) atoms. The zero-order valence-electron chi connectivity index (χ0n) is 17.2. The van der Waals surface area contributed by atoms with Gasteiger partial charge in [-0.3, -0.25) is 9.79 Å². The number of nitrogens with zero attached hydrogens (tertiary/aromatic N) is 2. The Balaban J connectivity index is 1.99. The zero-order valence-corrected chi connectivity index (χ0v) is 19.5. The van der Waals surface area contributed by atoms with Crippen LogP contribution in [0.25, 0.3) is 0 Å². The number of hydrogen-bond donors (Lipinski definition) is 1. The quantitative estimate of drug-likeness (QED) is 0.586. The molecule has 0 bridgehead atoms. The van der Waals surface area contributed by atoms with Crippen molar-refractivity contribution in [2.24, 2.45) is 4.99 Å². The van der Waals surface area contributed by atoms with E-state index in [9.17, 15) is 9.59 Å². The van der Waals surface area contributed by atoms with Gasteiger partial charge in [0.15, 0.2) is 10.8 Å².